The molecule has 4 aromatic rings. The number of rotatable bonds is 6. The molecule has 0 unspecified atom stereocenters. The quantitative estimate of drug-likeness (QED) is 0.391. The Labute approximate surface area is 181 Å². The van der Waals surface area contributed by atoms with E-state index in [-0.39, 0.29) is 11.3 Å². The molecule has 2 aromatic carbocycles. The molecule has 2 heterocycles. The third-order valence-corrected chi connectivity index (χ3v) is 6.10. The minimum atomic E-state index is -0.683. The summed E-state index contributed by atoms with van der Waals surface area (Å²) in [6.45, 7) is 2.56. The summed E-state index contributed by atoms with van der Waals surface area (Å²) in [7, 11) is 0. The van der Waals surface area contributed by atoms with Crippen molar-refractivity contribution in [2.45, 2.75) is 32.7 Å². The van der Waals surface area contributed by atoms with E-state index < -0.39 is 11.5 Å². The molecule has 0 saturated carbocycles. The van der Waals surface area contributed by atoms with Crippen LogP contribution in [0.25, 0.3) is 21.1 Å². The lowest BCUT2D eigenvalue weighted by atomic mass is 10.1. The van der Waals surface area contributed by atoms with Crippen molar-refractivity contribution in [2.75, 3.05) is 5.32 Å². The molecule has 154 valence electrons. The molecule has 4 rings (SSSR count). The monoisotopic (exact) mass is 441 g/mol. The summed E-state index contributed by atoms with van der Waals surface area (Å²) in [6, 6.07) is 12.3. The van der Waals surface area contributed by atoms with Gasteiger partial charge in [-0.15, -0.1) is 0 Å². The maximum Gasteiger partial charge on any atom is 0.267 e. The molecular weight excluding hydrogens is 422 g/mol. The van der Waals surface area contributed by atoms with Gasteiger partial charge in [0.2, 0.25) is 0 Å². The predicted molar refractivity (Wildman–Crippen MR) is 122 cm³/mol. The minimum Gasteiger partial charge on any atom is -0.506 e. The third-order valence-electron chi connectivity index (χ3n) is 4.93. The summed E-state index contributed by atoms with van der Waals surface area (Å²) in [4.78, 5) is 30.5. The molecule has 0 bridgehead atoms. The van der Waals surface area contributed by atoms with Gasteiger partial charge in [-0.25, -0.2) is 4.98 Å². The number of aromatic nitrogens is 2. The number of amides is 1. The average Bonchev–Trinajstić information content (AvgIpc) is 3.11. The van der Waals surface area contributed by atoms with Crippen LogP contribution in [-0.4, -0.2) is 20.6 Å². The Morgan fingerprint density at radius 1 is 1.23 bits per heavy atom. The van der Waals surface area contributed by atoms with E-state index in [1.165, 1.54) is 11.3 Å². The van der Waals surface area contributed by atoms with Crippen molar-refractivity contribution >= 4 is 55.1 Å². The molecule has 0 aliphatic rings. The lowest BCUT2D eigenvalue weighted by molar-refractivity contribution is 0.102. The van der Waals surface area contributed by atoms with Crippen molar-refractivity contribution in [3.8, 4) is 5.75 Å². The van der Waals surface area contributed by atoms with E-state index in [9.17, 15) is 14.7 Å². The fourth-order valence-electron chi connectivity index (χ4n) is 3.45. The van der Waals surface area contributed by atoms with Crippen LogP contribution in [0.15, 0.2) is 47.3 Å². The first-order valence-corrected chi connectivity index (χ1v) is 10.9. The zero-order valence-electron chi connectivity index (χ0n) is 16.3. The van der Waals surface area contributed by atoms with Crippen LogP contribution in [0.1, 0.15) is 36.5 Å². The first-order valence-electron chi connectivity index (χ1n) is 9.71. The van der Waals surface area contributed by atoms with Gasteiger partial charge in [0, 0.05) is 17.0 Å². The van der Waals surface area contributed by atoms with E-state index in [4.69, 9.17) is 11.6 Å². The number of carbonyl (C=O) groups is 1. The Kier molecular flexibility index (Phi) is 5.74. The van der Waals surface area contributed by atoms with Gasteiger partial charge in [0.05, 0.1) is 15.7 Å². The number of fused-ring (bicyclic) bond motifs is 2. The Hall–Kier alpha value is -2.90. The molecule has 30 heavy (non-hydrogen) atoms. The number of pyridine rings is 1. The van der Waals surface area contributed by atoms with E-state index in [2.05, 4.69) is 17.2 Å². The molecule has 0 saturated heterocycles. The highest BCUT2D eigenvalue weighted by atomic mass is 35.5. The number of hydrogen-bond acceptors (Lipinski definition) is 5. The first kappa shape index (κ1) is 20.4. The molecule has 1 amide bonds. The van der Waals surface area contributed by atoms with Gasteiger partial charge in [0.15, 0.2) is 5.13 Å². The van der Waals surface area contributed by atoms with Crippen molar-refractivity contribution in [1.82, 2.24) is 9.55 Å². The number of thiazole rings is 1. The minimum absolute atomic E-state index is 0.275. The predicted octanol–water partition coefficient (Wildman–Crippen LogP) is 5.41. The topological polar surface area (TPSA) is 84.2 Å². The molecule has 0 radical (unpaired) electrons. The van der Waals surface area contributed by atoms with Crippen molar-refractivity contribution in [1.29, 1.82) is 0 Å². The highest BCUT2D eigenvalue weighted by Gasteiger charge is 2.23. The van der Waals surface area contributed by atoms with Crippen LogP contribution < -0.4 is 10.9 Å². The summed E-state index contributed by atoms with van der Waals surface area (Å²) in [5, 5.41) is 14.8. The van der Waals surface area contributed by atoms with Crippen LogP contribution >= 0.6 is 22.9 Å². The standard InChI is InChI=1S/C22H20ClN3O3S/c1-2-3-6-11-26-16-8-5-4-7-14(16)19(27)18(21(26)29)20(28)25-22-24-15-10-9-13(23)12-17(15)30-22/h4-5,7-10,12,27H,2-3,6,11H2,1H3,(H,24,25,28). The molecule has 0 spiro atoms. The molecular formula is C22H20ClN3O3S. The van der Waals surface area contributed by atoms with E-state index in [0.29, 0.717) is 33.1 Å². The number of nitrogens with zero attached hydrogens (tertiary/aromatic N) is 2. The normalized spacial score (nSPS) is 11.3. The van der Waals surface area contributed by atoms with Crippen LogP contribution in [-0.2, 0) is 6.54 Å². The van der Waals surface area contributed by atoms with Gasteiger partial charge in [0.25, 0.3) is 11.5 Å². The van der Waals surface area contributed by atoms with Gasteiger partial charge in [-0.05, 0) is 36.8 Å². The second-order valence-electron chi connectivity index (χ2n) is 6.99. The molecule has 0 aliphatic heterocycles. The fraction of sp³-hybridized carbons (Fsp3) is 0.227. The number of aromatic hydroxyl groups is 1. The number of benzene rings is 2. The molecule has 0 aliphatic carbocycles. The number of hydrogen-bond donors (Lipinski definition) is 2. The Bertz CT molecular complexity index is 1310. The summed E-state index contributed by atoms with van der Waals surface area (Å²) in [5.41, 5.74) is 0.521. The summed E-state index contributed by atoms with van der Waals surface area (Å²) in [6.07, 6.45) is 2.79. The molecule has 8 heteroatoms. The number of halogens is 1. The van der Waals surface area contributed by atoms with E-state index in [1.807, 2.05) is 6.07 Å². The highest BCUT2D eigenvalue weighted by molar-refractivity contribution is 7.22. The number of unbranched alkanes of at least 4 members (excludes halogenated alkanes) is 2. The van der Waals surface area contributed by atoms with Crippen molar-refractivity contribution in [2.24, 2.45) is 0 Å². The maximum atomic E-state index is 13.2. The van der Waals surface area contributed by atoms with Crippen molar-refractivity contribution in [3.63, 3.8) is 0 Å². The SMILES string of the molecule is CCCCCn1c(=O)c(C(=O)Nc2nc3ccc(Cl)cc3s2)c(O)c2ccccc21. The lowest BCUT2D eigenvalue weighted by Gasteiger charge is -2.14. The van der Waals surface area contributed by atoms with Crippen LogP contribution in [0.2, 0.25) is 5.02 Å². The van der Waals surface area contributed by atoms with Crippen LogP contribution in [0.5, 0.6) is 5.75 Å². The number of aryl methyl sites for hydroxylation is 1. The fourth-order valence-corrected chi connectivity index (χ4v) is 4.58. The largest absolute Gasteiger partial charge is 0.506 e. The van der Waals surface area contributed by atoms with E-state index >= 15 is 0 Å². The zero-order chi connectivity index (χ0) is 21.3. The molecule has 2 N–H and O–H groups in total. The number of carbonyl (C=O) groups excluding carboxylic acids is 1. The molecule has 0 atom stereocenters. The van der Waals surface area contributed by atoms with Gasteiger partial charge < -0.3 is 9.67 Å². The summed E-state index contributed by atoms with van der Waals surface area (Å²) in [5.74, 6) is -0.998. The van der Waals surface area contributed by atoms with Crippen molar-refractivity contribution in [3.05, 3.63) is 63.4 Å². The molecule has 2 aromatic heterocycles. The van der Waals surface area contributed by atoms with Crippen LogP contribution in [0, 0.1) is 0 Å². The zero-order valence-corrected chi connectivity index (χ0v) is 17.9. The molecule has 6 nitrogen and oxygen atoms in total. The van der Waals surface area contributed by atoms with Gasteiger partial charge in [0.1, 0.15) is 11.3 Å². The van der Waals surface area contributed by atoms with E-state index in [1.54, 1.807) is 41.0 Å². The Morgan fingerprint density at radius 3 is 2.83 bits per heavy atom. The Balaban J connectivity index is 1.76. The maximum absolute atomic E-state index is 13.2. The summed E-state index contributed by atoms with van der Waals surface area (Å²) < 4.78 is 2.38. The summed E-state index contributed by atoms with van der Waals surface area (Å²) >= 11 is 7.26. The second kappa shape index (κ2) is 8.45. The highest BCUT2D eigenvalue weighted by Crippen LogP contribution is 2.30. The number of para-hydroxylation sites is 1. The third kappa shape index (κ3) is 3.78. The van der Waals surface area contributed by atoms with Crippen molar-refractivity contribution < 1.29 is 9.90 Å². The van der Waals surface area contributed by atoms with Gasteiger partial charge in [-0.3, -0.25) is 14.9 Å². The first-order chi connectivity index (χ1) is 14.5. The Morgan fingerprint density at radius 2 is 2.03 bits per heavy atom. The van der Waals surface area contributed by atoms with E-state index in [0.717, 1.165) is 24.0 Å². The number of nitrogens with one attached hydrogen (secondary N) is 1. The van der Waals surface area contributed by atoms with Gasteiger partial charge in [-0.2, -0.15) is 0 Å². The average molecular weight is 442 g/mol. The van der Waals surface area contributed by atoms with Crippen LogP contribution in [0.3, 0.4) is 0 Å². The lowest BCUT2D eigenvalue weighted by Crippen LogP contribution is -2.30. The van der Waals surface area contributed by atoms with Gasteiger partial charge in [-0.1, -0.05) is 54.8 Å². The second-order valence-corrected chi connectivity index (χ2v) is 8.46. The smallest absolute Gasteiger partial charge is 0.267 e. The molecule has 0 fully saturated rings. The van der Waals surface area contributed by atoms with Gasteiger partial charge >= 0.3 is 0 Å². The van der Waals surface area contributed by atoms with Crippen LogP contribution in [0.4, 0.5) is 5.13 Å². The number of anilines is 1.